The van der Waals surface area contributed by atoms with Crippen molar-refractivity contribution in [2.75, 3.05) is 45.9 Å². The second kappa shape index (κ2) is 12.8. The minimum Gasteiger partial charge on any atom is -0.390 e. The number of rotatable bonds is 4. The first-order valence-corrected chi connectivity index (χ1v) is 12.7. The van der Waals surface area contributed by atoms with Crippen molar-refractivity contribution in [3.05, 3.63) is 0 Å². The predicted molar refractivity (Wildman–Crippen MR) is 121 cm³/mol. The molecule has 2 aliphatic carbocycles. The quantitative estimate of drug-likeness (QED) is 0.212. The van der Waals surface area contributed by atoms with Crippen molar-refractivity contribution in [2.45, 2.75) is 68.2 Å². The highest BCUT2D eigenvalue weighted by atomic mass is 19.3. The molecule has 1 unspecified atom stereocenters. The van der Waals surface area contributed by atoms with Gasteiger partial charge in [-0.1, -0.05) is 0 Å². The van der Waals surface area contributed by atoms with Gasteiger partial charge in [0.15, 0.2) is 0 Å². The molecule has 0 aromatic heterocycles. The van der Waals surface area contributed by atoms with Gasteiger partial charge in [0, 0.05) is 69.4 Å². The van der Waals surface area contributed by atoms with Gasteiger partial charge in [-0.15, -0.1) is 0 Å². The Labute approximate surface area is 204 Å². The van der Waals surface area contributed by atoms with Crippen LogP contribution in [-0.4, -0.2) is 119 Å². The van der Waals surface area contributed by atoms with E-state index in [0.717, 1.165) is 6.54 Å². The molecule has 0 radical (unpaired) electrons. The first kappa shape index (κ1) is 29.0. The third-order valence-corrected chi connectivity index (χ3v) is 7.87. The highest BCUT2D eigenvalue weighted by Crippen LogP contribution is 2.54. The van der Waals surface area contributed by atoms with Gasteiger partial charge in [-0.3, -0.25) is 4.39 Å². The fraction of sp³-hybridized carbons (Fsp3) is 1.00. The molecule has 3 heterocycles. The van der Waals surface area contributed by atoms with E-state index in [1.54, 1.807) is 0 Å². The number of aliphatic hydroxyl groups excluding tert-OH is 6. The van der Waals surface area contributed by atoms with E-state index in [1.165, 1.54) is 12.8 Å². The largest absolute Gasteiger partial charge is 0.390 e. The Bertz CT molecular complexity index is 646. The molecule has 0 amide bonds. The Morgan fingerprint density at radius 2 is 1.11 bits per heavy atom. The van der Waals surface area contributed by atoms with Gasteiger partial charge in [0.05, 0.1) is 43.3 Å². The summed E-state index contributed by atoms with van der Waals surface area (Å²) in [6, 6.07) is 0. The normalized spacial score (nSPS) is 44.8. The first-order valence-electron chi connectivity index (χ1n) is 12.7. The minimum absolute atomic E-state index is 0.135. The van der Waals surface area contributed by atoms with Crippen LogP contribution >= 0.6 is 0 Å². The maximum Gasteiger partial charge on any atom is 0.252 e. The topological polar surface area (TPSA) is 157 Å². The van der Waals surface area contributed by atoms with Crippen LogP contribution < -0.4 is 16.0 Å². The van der Waals surface area contributed by atoms with E-state index in [9.17, 15) is 38.7 Å². The molecule has 0 bridgehead atoms. The Hall–Kier alpha value is -0.570. The van der Waals surface area contributed by atoms with Gasteiger partial charge in [0.1, 0.15) is 0 Å². The number of hydrogen-bond acceptors (Lipinski definition) is 9. The second-order valence-corrected chi connectivity index (χ2v) is 10.6. The molecular weight excluding hydrogens is 471 g/mol. The van der Waals surface area contributed by atoms with Gasteiger partial charge in [-0.2, -0.15) is 0 Å². The van der Waals surface area contributed by atoms with Crippen LogP contribution in [0.25, 0.3) is 0 Å². The van der Waals surface area contributed by atoms with Gasteiger partial charge < -0.3 is 46.6 Å². The summed E-state index contributed by atoms with van der Waals surface area (Å²) in [5, 5.41) is 64.9. The highest BCUT2D eigenvalue weighted by molar-refractivity contribution is 5.04. The third-order valence-electron chi connectivity index (χ3n) is 7.87. The van der Waals surface area contributed by atoms with Crippen molar-refractivity contribution in [1.82, 2.24) is 16.0 Å². The molecule has 5 fully saturated rings. The molecule has 0 aromatic carbocycles. The summed E-state index contributed by atoms with van der Waals surface area (Å²) in [4.78, 5) is 0. The van der Waals surface area contributed by atoms with Crippen LogP contribution in [0, 0.1) is 29.6 Å². The fourth-order valence-corrected chi connectivity index (χ4v) is 5.28. The van der Waals surface area contributed by atoms with E-state index in [1.807, 2.05) is 0 Å². The molecule has 3 saturated heterocycles. The molecule has 5 rings (SSSR count). The van der Waals surface area contributed by atoms with Gasteiger partial charge in [-0.25, -0.2) is 8.78 Å². The monoisotopic (exact) mass is 513 g/mol. The van der Waals surface area contributed by atoms with Gasteiger partial charge in [0.2, 0.25) is 0 Å². The number of β-amino-alcohol motifs (C(OH)–C–C–N with tert-alkyl or cyclic N) is 3. The summed E-state index contributed by atoms with van der Waals surface area (Å²) < 4.78 is 37.2. The molecule has 2 saturated carbocycles. The minimum atomic E-state index is -2.62. The van der Waals surface area contributed by atoms with Crippen molar-refractivity contribution in [2.24, 2.45) is 29.6 Å². The lowest BCUT2D eigenvalue weighted by Crippen LogP contribution is -2.51. The molecule has 12 heteroatoms. The lowest BCUT2D eigenvalue weighted by atomic mass is 9.89. The third kappa shape index (κ3) is 7.96. The number of nitrogens with one attached hydrogen (secondary N) is 3. The van der Waals surface area contributed by atoms with Crippen LogP contribution in [0.3, 0.4) is 0 Å². The van der Waals surface area contributed by atoms with Crippen molar-refractivity contribution < 1.29 is 43.8 Å². The van der Waals surface area contributed by atoms with Crippen LogP contribution in [0.2, 0.25) is 0 Å². The van der Waals surface area contributed by atoms with Crippen LogP contribution in [0.5, 0.6) is 0 Å². The standard InChI is InChI=1S/C8H13F2NO2.C8H15NO2.C7H14FNO2/c9-8(10)1-5(8)4-2-11-3-6(12)7(4)13;10-7-4-9-3-6(8(7)11)5-1-2-5;8-2-1-5-3-9-4-6(10)7(5)11/h4-7,11-13H,1-3H2;5-11H,1-4H2;5-7,9-11H,1-4H2/t4-,5?,6-,7-;6-,7-,8-;5-,6+,7+/m110/s1. The molecule has 5 aliphatic rings. The van der Waals surface area contributed by atoms with Gasteiger partial charge >= 0.3 is 0 Å². The van der Waals surface area contributed by atoms with Crippen LogP contribution in [-0.2, 0) is 0 Å². The Morgan fingerprint density at radius 1 is 0.657 bits per heavy atom. The van der Waals surface area contributed by atoms with Crippen molar-refractivity contribution in [3.8, 4) is 0 Å². The zero-order valence-electron chi connectivity index (χ0n) is 19.9. The average Bonchev–Trinajstić information content (AvgIpc) is 3.74. The molecule has 35 heavy (non-hydrogen) atoms. The summed E-state index contributed by atoms with van der Waals surface area (Å²) in [6.07, 6.45) is -1.79. The number of aliphatic hydroxyl groups is 6. The van der Waals surface area contributed by atoms with E-state index in [-0.39, 0.29) is 18.9 Å². The molecule has 0 aromatic rings. The lowest BCUT2D eigenvalue weighted by Gasteiger charge is -2.32. The van der Waals surface area contributed by atoms with E-state index < -0.39 is 61.1 Å². The Morgan fingerprint density at radius 3 is 1.60 bits per heavy atom. The van der Waals surface area contributed by atoms with Gasteiger partial charge in [-0.05, 0) is 25.2 Å². The number of halogens is 3. The number of alkyl halides is 3. The number of hydrogen-bond donors (Lipinski definition) is 9. The van der Waals surface area contributed by atoms with Crippen LogP contribution in [0.4, 0.5) is 13.2 Å². The zero-order chi connectivity index (χ0) is 25.8. The SMILES string of the molecule is O[C@@H]1[C@@H](CCF)CNC[C@H]1O.O[C@H]1[C@H](O)CNC[C@@H]1C1CC1.O[C@H]1[C@H](O)CNC[C@@H]1C1CC1(F)F. The molecule has 9 nitrogen and oxygen atoms in total. The lowest BCUT2D eigenvalue weighted by molar-refractivity contribution is -0.0538. The summed E-state index contributed by atoms with van der Waals surface area (Å²) in [6.45, 7) is 2.66. The molecule has 0 spiro atoms. The molecular formula is C23H42F3N3O6. The first-order chi connectivity index (χ1) is 16.6. The summed E-state index contributed by atoms with van der Waals surface area (Å²) >= 11 is 0. The van der Waals surface area contributed by atoms with Gasteiger partial charge in [0.25, 0.3) is 5.92 Å². The summed E-state index contributed by atoms with van der Waals surface area (Å²) in [7, 11) is 0. The Balaban J connectivity index is 0.000000148. The maximum atomic E-state index is 12.7. The average molecular weight is 514 g/mol. The maximum absolute atomic E-state index is 12.7. The van der Waals surface area contributed by atoms with Crippen LogP contribution in [0.15, 0.2) is 0 Å². The highest BCUT2D eigenvalue weighted by Gasteiger charge is 2.62. The molecule has 3 aliphatic heterocycles. The summed E-state index contributed by atoms with van der Waals surface area (Å²) in [5.74, 6) is -3.02. The smallest absolute Gasteiger partial charge is 0.252 e. The zero-order valence-corrected chi connectivity index (χ0v) is 19.9. The summed E-state index contributed by atoms with van der Waals surface area (Å²) in [5.41, 5.74) is 0. The molecule has 10 atom stereocenters. The predicted octanol–water partition coefficient (Wildman–Crippen LogP) is -1.79. The fourth-order valence-electron chi connectivity index (χ4n) is 5.28. The number of piperidine rings is 3. The molecule has 9 N–H and O–H groups in total. The van der Waals surface area contributed by atoms with Crippen molar-refractivity contribution in [1.29, 1.82) is 0 Å². The van der Waals surface area contributed by atoms with Crippen LogP contribution in [0.1, 0.15) is 25.7 Å². The van der Waals surface area contributed by atoms with Crippen molar-refractivity contribution in [3.63, 3.8) is 0 Å². The molecule has 206 valence electrons. The van der Waals surface area contributed by atoms with E-state index in [4.69, 9.17) is 5.11 Å². The Kier molecular flexibility index (Phi) is 10.6. The van der Waals surface area contributed by atoms with Crippen molar-refractivity contribution >= 4 is 0 Å². The van der Waals surface area contributed by atoms with E-state index in [0.29, 0.717) is 44.4 Å². The van der Waals surface area contributed by atoms with E-state index in [2.05, 4.69) is 16.0 Å². The van der Waals surface area contributed by atoms with E-state index >= 15 is 0 Å². The second-order valence-electron chi connectivity index (χ2n) is 10.6.